The van der Waals surface area contributed by atoms with Crippen molar-refractivity contribution in [1.82, 2.24) is 14.9 Å². The highest BCUT2D eigenvalue weighted by molar-refractivity contribution is 6.21. The molecule has 0 atom stereocenters. The number of amides is 2. The molecule has 8 nitrogen and oxygen atoms in total. The number of nitrogens with zero attached hydrogens (tertiary/aromatic N) is 3. The standard InChI is InChI=1S/C19H14N2O3.C11H12N2O/c22-18-15-8-4-5-9-16(15)19(23)21(18)11-17-20-14(12-24-17)10-13-6-2-1-3-7-13;12-7-11-13-10(8-14-11)6-9-4-2-1-3-5-9/h1-9,12H,10-11H2;1-5,8H,6-7,12H2. The average Bonchev–Trinajstić information content (AvgIpc) is 3.66. The zero-order valence-corrected chi connectivity index (χ0v) is 20.6. The first-order valence-corrected chi connectivity index (χ1v) is 12.2. The monoisotopic (exact) mass is 506 g/mol. The van der Waals surface area contributed by atoms with Gasteiger partial charge in [0.1, 0.15) is 19.1 Å². The van der Waals surface area contributed by atoms with E-state index in [4.69, 9.17) is 14.6 Å². The maximum atomic E-state index is 12.3. The van der Waals surface area contributed by atoms with Crippen LogP contribution in [0.4, 0.5) is 0 Å². The van der Waals surface area contributed by atoms with Crippen LogP contribution >= 0.6 is 0 Å². The number of oxazole rings is 2. The van der Waals surface area contributed by atoms with Crippen LogP contribution in [0, 0.1) is 0 Å². The Hall–Kier alpha value is -4.82. The molecule has 1 aliphatic heterocycles. The number of benzene rings is 3. The number of fused-ring (bicyclic) bond motifs is 1. The summed E-state index contributed by atoms with van der Waals surface area (Å²) in [4.78, 5) is 34.5. The third kappa shape index (κ3) is 5.77. The van der Waals surface area contributed by atoms with E-state index < -0.39 is 0 Å². The number of imide groups is 1. The first-order valence-electron chi connectivity index (χ1n) is 12.2. The molecule has 2 aromatic heterocycles. The van der Waals surface area contributed by atoms with E-state index in [2.05, 4.69) is 22.1 Å². The van der Waals surface area contributed by atoms with E-state index in [0.29, 0.717) is 35.9 Å². The number of nitrogens with two attached hydrogens (primary N) is 1. The van der Waals surface area contributed by atoms with Crippen molar-refractivity contribution in [2.24, 2.45) is 5.73 Å². The molecule has 0 saturated carbocycles. The quantitative estimate of drug-likeness (QED) is 0.316. The van der Waals surface area contributed by atoms with Gasteiger partial charge in [0.15, 0.2) is 0 Å². The molecule has 0 radical (unpaired) electrons. The van der Waals surface area contributed by atoms with Crippen LogP contribution in [0.15, 0.2) is 106 Å². The van der Waals surface area contributed by atoms with Crippen LogP contribution in [0.5, 0.6) is 0 Å². The second kappa shape index (κ2) is 11.5. The molecule has 2 N–H and O–H groups in total. The summed E-state index contributed by atoms with van der Waals surface area (Å²) in [5.41, 5.74) is 10.3. The van der Waals surface area contributed by atoms with Crippen LogP contribution in [0.1, 0.15) is 55.0 Å². The third-order valence-electron chi connectivity index (χ3n) is 6.00. The Morgan fingerprint density at radius 3 is 1.55 bits per heavy atom. The minimum atomic E-state index is -0.307. The van der Waals surface area contributed by atoms with E-state index >= 15 is 0 Å². The molecule has 0 unspecified atom stereocenters. The van der Waals surface area contributed by atoms with Crippen LogP contribution in [0.25, 0.3) is 0 Å². The topological polar surface area (TPSA) is 115 Å². The molecule has 0 spiro atoms. The van der Waals surface area contributed by atoms with Gasteiger partial charge in [0.05, 0.1) is 29.1 Å². The van der Waals surface area contributed by atoms with E-state index in [-0.39, 0.29) is 18.4 Å². The summed E-state index contributed by atoms with van der Waals surface area (Å²) in [7, 11) is 0. The summed E-state index contributed by atoms with van der Waals surface area (Å²) in [6.45, 7) is 0.399. The van der Waals surface area contributed by atoms with Crippen molar-refractivity contribution in [1.29, 1.82) is 0 Å². The fourth-order valence-electron chi connectivity index (χ4n) is 4.15. The Morgan fingerprint density at radius 1 is 0.632 bits per heavy atom. The van der Waals surface area contributed by atoms with Gasteiger partial charge >= 0.3 is 0 Å². The summed E-state index contributed by atoms with van der Waals surface area (Å²) in [6, 6.07) is 26.9. The molecule has 6 rings (SSSR count). The zero-order valence-electron chi connectivity index (χ0n) is 20.6. The number of carbonyl (C=O) groups is 2. The number of rotatable bonds is 7. The molecule has 3 aromatic carbocycles. The first kappa shape index (κ1) is 24.9. The predicted octanol–water partition coefficient (Wildman–Crippen LogP) is 4.79. The lowest BCUT2D eigenvalue weighted by molar-refractivity contribution is 0.0628. The van der Waals surface area contributed by atoms with Crippen LogP contribution in [-0.2, 0) is 25.9 Å². The van der Waals surface area contributed by atoms with Crippen molar-refractivity contribution in [3.63, 3.8) is 0 Å². The molecule has 8 heteroatoms. The van der Waals surface area contributed by atoms with E-state index in [1.54, 1.807) is 36.8 Å². The highest BCUT2D eigenvalue weighted by atomic mass is 16.3. The van der Waals surface area contributed by atoms with Gasteiger partial charge < -0.3 is 14.6 Å². The Bertz CT molecular complexity index is 1490. The van der Waals surface area contributed by atoms with Crippen LogP contribution in [0.3, 0.4) is 0 Å². The zero-order chi connectivity index (χ0) is 26.3. The third-order valence-corrected chi connectivity index (χ3v) is 6.00. The SMILES string of the molecule is NCc1nc(Cc2ccccc2)co1.O=C1c2ccccc2C(=O)N1Cc1nc(Cc2ccccc2)co1. The van der Waals surface area contributed by atoms with Gasteiger partial charge in [-0.3, -0.25) is 14.5 Å². The lowest BCUT2D eigenvalue weighted by atomic mass is 10.1. The Balaban J connectivity index is 0.000000179. The molecule has 5 aromatic rings. The van der Waals surface area contributed by atoms with Gasteiger partial charge in [0.25, 0.3) is 11.8 Å². The van der Waals surface area contributed by atoms with Crippen molar-refractivity contribution in [2.45, 2.75) is 25.9 Å². The summed E-state index contributed by atoms with van der Waals surface area (Å²) in [5, 5.41) is 0. The normalized spacial score (nSPS) is 12.3. The highest BCUT2D eigenvalue weighted by Gasteiger charge is 2.35. The average molecular weight is 507 g/mol. The fourth-order valence-corrected chi connectivity index (χ4v) is 4.15. The van der Waals surface area contributed by atoms with Gasteiger partial charge in [-0.05, 0) is 23.3 Å². The molecular weight excluding hydrogens is 480 g/mol. The molecule has 3 heterocycles. The maximum absolute atomic E-state index is 12.3. The van der Waals surface area contributed by atoms with Gasteiger partial charge in [0, 0.05) is 12.8 Å². The van der Waals surface area contributed by atoms with Gasteiger partial charge in [-0.15, -0.1) is 0 Å². The van der Waals surface area contributed by atoms with Crippen LogP contribution in [-0.4, -0.2) is 26.7 Å². The summed E-state index contributed by atoms with van der Waals surface area (Å²) in [5.74, 6) is 0.336. The van der Waals surface area contributed by atoms with Gasteiger partial charge in [-0.2, -0.15) is 0 Å². The minimum absolute atomic E-state index is 0.0428. The number of hydrogen-bond acceptors (Lipinski definition) is 7. The van der Waals surface area contributed by atoms with Crippen molar-refractivity contribution >= 4 is 11.8 Å². The number of carbonyl (C=O) groups excluding carboxylic acids is 2. The van der Waals surface area contributed by atoms with Crippen LogP contribution in [0.2, 0.25) is 0 Å². The Kier molecular flexibility index (Phi) is 7.52. The maximum Gasteiger partial charge on any atom is 0.262 e. The molecule has 0 saturated heterocycles. The van der Waals surface area contributed by atoms with E-state index in [1.165, 1.54) is 10.5 Å². The molecule has 38 heavy (non-hydrogen) atoms. The van der Waals surface area contributed by atoms with Crippen LogP contribution < -0.4 is 5.73 Å². The number of aromatic nitrogens is 2. The molecular formula is C30H26N4O4. The van der Waals surface area contributed by atoms with Crippen molar-refractivity contribution in [3.8, 4) is 0 Å². The minimum Gasteiger partial charge on any atom is -0.447 e. The highest BCUT2D eigenvalue weighted by Crippen LogP contribution is 2.24. The smallest absolute Gasteiger partial charge is 0.262 e. The summed E-state index contributed by atoms with van der Waals surface area (Å²) < 4.78 is 10.6. The molecule has 0 aliphatic carbocycles. The van der Waals surface area contributed by atoms with E-state index in [0.717, 1.165) is 23.4 Å². The molecule has 0 fully saturated rings. The van der Waals surface area contributed by atoms with Crippen molar-refractivity contribution in [3.05, 3.63) is 143 Å². The van der Waals surface area contributed by atoms with E-state index in [9.17, 15) is 9.59 Å². The lowest BCUT2D eigenvalue weighted by Gasteiger charge is -2.10. The molecule has 190 valence electrons. The van der Waals surface area contributed by atoms with Gasteiger partial charge in [-0.25, -0.2) is 9.97 Å². The van der Waals surface area contributed by atoms with Gasteiger partial charge in [-0.1, -0.05) is 72.8 Å². The largest absolute Gasteiger partial charge is 0.447 e. The predicted molar refractivity (Wildman–Crippen MR) is 140 cm³/mol. The van der Waals surface area contributed by atoms with Gasteiger partial charge in [0.2, 0.25) is 11.8 Å². The fraction of sp³-hybridized carbons (Fsp3) is 0.133. The molecule has 2 amide bonds. The number of hydrogen-bond donors (Lipinski definition) is 1. The lowest BCUT2D eigenvalue weighted by Crippen LogP contribution is -2.29. The Labute approximate surface area is 219 Å². The van der Waals surface area contributed by atoms with E-state index in [1.807, 2.05) is 48.5 Å². The van der Waals surface area contributed by atoms with Crippen molar-refractivity contribution in [2.75, 3.05) is 0 Å². The molecule has 0 bridgehead atoms. The summed E-state index contributed by atoms with van der Waals surface area (Å²) >= 11 is 0. The van der Waals surface area contributed by atoms with Crippen molar-refractivity contribution < 1.29 is 18.4 Å². The Morgan fingerprint density at radius 2 is 1.08 bits per heavy atom. The second-order valence-corrected chi connectivity index (χ2v) is 8.74. The second-order valence-electron chi connectivity index (χ2n) is 8.74. The summed E-state index contributed by atoms with van der Waals surface area (Å²) in [6.07, 6.45) is 4.67. The first-order chi connectivity index (χ1) is 18.6. The molecule has 1 aliphatic rings.